The summed E-state index contributed by atoms with van der Waals surface area (Å²) in [4.78, 5) is 6.00. The summed E-state index contributed by atoms with van der Waals surface area (Å²) >= 11 is 0. The summed E-state index contributed by atoms with van der Waals surface area (Å²) < 4.78 is 13.1. The van der Waals surface area contributed by atoms with Crippen LogP contribution >= 0.6 is 0 Å². The normalized spacial score (nSPS) is 27.2. The van der Waals surface area contributed by atoms with Crippen molar-refractivity contribution >= 4 is 20.0 Å². The quantitative estimate of drug-likeness (QED) is 0.582. The zero-order valence-electron chi connectivity index (χ0n) is 18.3. The van der Waals surface area contributed by atoms with E-state index in [0.717, 1.165) is 22.6 Å². The van der Waals surface area contributed by atoms with E-state index in [4.69, 9.17) is 18.9 Å². The van der Waals surface area contributed by atoms with Crippen LogP contribution in [-0.4, -0.2) is 26.1 Å². The number of hydrogen-bond donors (Lipinski definition) is 0. The van der Waals surface area contributed by atoms with Crippen LogP contribution in [0.25, 0.3) is 0 Å². The average Bonchev–Trinajstić information content (AvgIpc) is 3.17. The molecule has 0 bridgehead atoms. The number of rotatable bonds is 4. The lowest BCUT2D eigenvalue weighted by atomic mass is 9.84. The Balaban J connectivity index is 1.84. The Morgan fingerprint density at radius 3 is 2.03 bits per heavy atom. The fraction of sp³-hybridized carbons (Fsp3) is 0.417. The van der Waals surface area contributed by atoms with E-state index in [1.165, 1.54) is 0 Å². The number of nitrogens with zero attached hydrogens (tertiary/aromatic N) is 2. The molecule has 3 atom stereocenters. The SMILES string of the molecule is CC(C)[Si]1(C(C)C)O/N=C(/c2ccccc2)C2=NO[C@H](c3ccccc3)[C@H]2[C@@H](C)O1. The summed E-state index contributed by atoms with van der Waals surface area (Å²) in [5, 5.41) is 9.20. The van der Waals surface area contributed by atoms with Crippen molar-refractivity contribution in [1.29, 1.82) is 0 Å². The van der Waals surface area contributed by atoms with Gasteiger partial charge in [0.1, 0.15) is 11.4 Å². The number of oxime groups is 2. The van der Waals surface area contributed by atoms with Gasteiger partial charge in [-0.25, -0.2) is 0 Å². The van der Waals surface area contributed by atoms with E-state index >= 15 is 0 Å². The minimum absolute atomic E-state index is 0.0698. The summed E-state index contributed by atoms with van der Waals surface area (Å²) in [6.45, 7) is 10.8. The molecule has 0 saturated carbocycles. The Kier molecular flexibility index (Phi) is 5.80. The molecule has 5 nitrogen and oxygen atoms in total. The number of hydrogen-bond acceptors (Lipinski definition) is 5. The maximum Gasteiger partial charge on any atom is 0.432 e. The Morgan fingerprint density at radius 1 is 0.833 bits per heavy atom. The summed E-state index contributed by atoms with van der Waals surface area (Å²) in [5.41, 5.74) is 4.09. The van der Waals surface area contributed by atoms with Gasteiger partial charge in [-0.2, -0.15) is 0 Å². The van der Waals surface area contributed by atoms with Crippen LogP contribution < -0.4 is 0 Å². The summed E-state index contributed by atoms with van der Waals surface area (Å²) in [7, 11) is -2.65. The Labute approximate surface area is 180 Å². The standard InChI is InChI=1S/C24H30N2O3Si/c1-16(2)30(17(3)4)28-18(5)21-23(22(26-29-30)19-12-8-6-9-13-19)25-27-24(21)20-14-10-7-11-15-20/h6-18,21,24H,1-5H3/b26-22-/t18-,21+,24-/m1/s1. The van der Waals surface area contributed by atoms with E-state index in [0.29, 0.717) is 0 Å². The fourth-order valence-electron chi connectivity index (χ4n) is 4.46. The second kappa shape index (κ2) is 8.36. The highest BCUT2D eigenvalue weighted by Gasteiger charge is 2.54. The first-order chi connectivity index (χ1) is 14.4. The molecule has 158 valence electrons. The second-order valence-electron chi connectivity index (χ2n) is 8.69. The van der Waals surface area contributed by atoms with Gasteiger partial charge in [0.2, 0.25) is 0 Å². The summed E-state index contributed by atoms with van der Waals surface area (Å²) in [6, 6.07) is 20.3. The van der Waals surface area contributed by atoms with Gasteiger partial charge in [0.05, 0.1) is 12.0 Å². The van der Waals surface area contributed by atoms with Crippen molar-refractivity contribution in [2.45, 2.75) is 57.9 Å². The first kappa shape index (κ1) is 20.8. The summed E-state index contributed by atoms with van der Waals surface area (Å²) in [5.74, 6) is -0.0698. The van der Waals surface area contributed by atoms with Crippen LogP contribution in [0.5, 0.6) is 0 Å². The molecule has 0 unspecified atom stereocenters. The van der Waals surface area contributed by atoms with Crippen molar-refractivity contribution in [3.8, 4) is 0 Å². The van der Waals surface area contributed by atoms with Crippen LogP contribution in [0.4, 0.5) is 0 Å². The topological polar surface area (TPSA) is 52.4 Å². The van der Waals surface area contributed by atoms with Crippen LogP contribution in [0.2, 0.25) is 11.1 Å². The van der Waals surface area contributed by atoms with Crippen molar-refractivity contribution in [1.82, 2.24) is 0 Å². The lowest BCUT2D eigenvalue weighted by molar-refractivity contribution is 0.0120. The first-order valence-electron chi connectivity index (χ1n) is 10.7. The molecule has 2 aromatic carbocycles. The van der Waals surface area contributed by atoms with Crippen LogP contribution in [0.15, 0.2) is 71.0 Å². The second-order valence-corrected chi connectivity index (χ2v) is 12.9. The van der Waals surface area contributed by atoms with Crippen LogP contribution in [0.3, 0.4) is 0 Å². The molecule has 0 fully saturated rings. The largest absolute Gasteiger partial charge is 0.432 e. The molecule has 2 aliphatic heterocycles. The molecule has 2 heterocycles. The molecule has 2 aromatic rings. The van der Waals surface area contributed by atoms with Gasteiger partial charge < -0.3 is 13.8 Å². The molecule has 0 saturated heterocycles. The van der Waals surface area contributed by atoms with Crippen molar-refractivity contribution in [3.63, 3.8) is 0 Å². The average molecular weight is 423 g/mol. The van der Waals surface area contributed by atoms with Crippen LogP contribution in [0, 0.1) is 5.92 Å². The maximum atomic E-state index is 6.80. The van der Waals surface area contributed by atoms with Gasteiger partial charge in [-0.05, 0) is 12.5 Å². The minimum atomic E-state index is -2.65. The van der Waals surface area contributed by atoms with E-state index < -0.39 is 8.56 Å². The van der Waals surface area contributed by atoms with E-state index in [2.05, 4.69) is 51.9 Å². The number of fused-ring (bicyclic) bond motifs is 1. The first-order valence-corrected chi connectivity index (χ1v) is 12.7. The molecule has 0 amide bonds. The monoisotopic (exact) mass is 422 g/mol. The molecular weight excluding hydrogens is 392 g/mol. The maximum absolute atomic E-state index is 6.80. The van der Waals surface area contributed by atoms with E-state index in [1.54, 1.807) is 0 Å². The highest BCUT2D eigenvalue weighted by Crippen LogP contribution is 2.43. The third-order valence-corrected chi connectivity index (χ3v) is 10.4. The molecule has 30 heavy (non-hydrogen) atoms. The van der Waals surface area contributed by atoms with Crippen molar-refractivity contribution in [3.05, 3.63) is 71.8 Å². The van der Waals surface area contributed by atoms with Crippen molar-refractivity contribution < 1.29 is 13.8 Å². The van der Waals surface area contributed by atoms with E-state index in [-0.39, 0.29) is 29.2 Å². The molecule has 2 aliphatic rings. The molecule has 0 spiro atoms. The highest BCUT2D eigenvalue weighted by atomic mass is 28.4. The van der Waals surface area contributed by atoms with Gasteiger partial charge in [-0.3, -0.25) is 0 Å². The van der Waals surface area contributed by atoms with Gasteiger partial charge in [0, 0.05) is 16.6 Å². The predicted molar refractivity (Wildman–Crippen MR) is 122 cm³/mol. The zero-order valence-corrected chi connectivity index (χ0v) is 19.3. The van der Waals surface area contributed by atoms with Gasteiger partial charge in [0.25, 0.3) is 0 Å². The van der Waals surface area contributed by atoms with Gasteiger partial charge >= 0.3 is 8.56 Å². The summed E-state index contributed by atoms with van der Waals surface area (Å²) in [6.07, 6.45) is -0.337. The predicted octanol–water partition coefficient (Wildman–Crippen LogP) is 5.83. The molecule has 0 aromatic heterocycles. The minimum Gasteiger partial charge on any atom is -0.420 e. The van der Waals surface area contributed by atoms with Crippen molar-refractivity contribution in [2.75, 3.05) is 0 Å². The van der Waals surface area contributed by atoms with Gasteiger partial charge in [-0.15, -0.1) is 0 Å². The van der Waals surface area contributed by atoms with Gasteiger partial charge in [-0.1, -0.05) is 98.7 Å². The molecular formula is C24H30N2O3Si. The lowest BCUT2D eigenvalue weighted by Gasteiger charge is -2.40. The Bertz CT molecular complexity index is 920. The van der Waals surface area contributed by atoms with E-state index in [9.17, 15) is 0 Å². The highest BCUT2D eigenvalue weighted by molar-refractivity contribution is 6.70. The fourth-order valence-corrected chi connectivity index (χ4v) is 7.76. The molecule has 0 N–H and O–H groups in total. The van der Waals surface area contributed by atoms with Gasteiger partial charge in [0.15, 0.2) is 6.10 Å². The Hall–Kier alpha value is -2.44. The number of benzene rings is 2. The third-order valence-electron chi connectivity index (χ3n) is 6.09. The van der Waals surface area contributed by atoms with Crippen LogP contribution in [-0.2, 0) is 13.8 Å². The smallest absolute Gasteiger partial charge is 0.420 e. The lowest BCUT2D eigenvalue weighted by Crippen LogP contribution is -2.53. The Morgan fingerprint density at radius 2 is 1.43 bits per heavy atom. The molecule has 4 rings (SSSR count). The molecule has 0 radical (unpaired) electrons. The van der Waals surface area contributed by atoms with Crippen molar-refractivity contribution in [2.24, 2.45) is 16.2 Å². The molecule has 0 aliphatic carbocycles. The molecule has 6 heteroatoms. The zero-order chi connectivity index (χ0) is 21.3. The van der Waals surface area contributed by atoms with E-state index in [1.807, 2.05) is 48.5 Å². The van der Waals surface area contributed by atoms with Crippen LogP contribution in [0.1, 0.15) is 51.8 Å². The third kappa shape index (κ3) is 3.59.